The Morgan fingerprint density at radius 3 is 2.85 bits per heavy atom. The summed E-state index contributed by atoms with van der Waals surface area (Å²) in [4.78, 5) is 14.6. The van der Waals surface area contributed by atoms with Gasteiger partial charge < -0.3 is 10.2 Å². The molecule has 2 atom stereocenters. The van der Waals surface area contributed by atoms with Crippen molar-refractivity contribution >= 4 is 5.91 Å². The van der Waals surface area contributed by atoms with Gasteiger partial charge >= 0.3 is 0 Å². The first-order valence-corrected chi connectivity index (χ1v) is 8.79. The molecule has 1 saturated heterocycles. The molecule has 0 radical (unpaired) electrons. The Kier molecular flexibility index (Phi) is 4.21. The molecule has 1 amide bonds. The van der Waals surface area contributed by atoms with E-state index in [1.807, 2.05) is 24.1 Å². The summed E-state index contributed by atoms with van der Waals surface area (Å²) in [5, 5.41) is 16.6. The maximum Gasteiger partial charge on any atom is 0.225 e. The smallest absolute Gasteiger partial charge is 0.225 e. The van der Waals surface area contributed by atoms with Crippen LogP contribution in [0, 0.1) is 17.1 Å². The van der Waals surface area contributed by atoms with Gasteiger partial charge in [0.15, 0.2) is 0 Å². The normalized spacial score (nSPS) is 22.7. The summed E-state index contributed by atoms with van der Waals surface area (Å²) in [6.07, 6.45) is 4.18. The van der Waals surface area contributed by atoms with Crippen LogP contribution in [0.1, 0.15) is 42.1 Å². The van der Waals surface area contributed by atoms with Gasteiger partial charge in [-0.25, -0.2) is 4.39 Å². The van der Waals surface area contributed by atoms with Crippen LogP contribution in [0.5, 0.6) is 0 Å². The summed E-state index contributed by atoms with van der Waals surface area (Å²) < 4.78 is 15.9. The second-order valence-electron chi connectivity index (χ2n) is 6.97. The van der Waals surface area contributed by atoms with E-state index in [2.05, 4.69) is 10.4 Å². The van der Waals surface area contributed by atoms with Gasteiger partial charge in [0, 0.05) is 43.9 Å². The molecule has 1 aliphatic heterocycles. The Bertz CT molecular complexity index is 882. The number of hydrogen-bond acceptors (Lipinski definition) is 4. The molecule has 2 heterocycles. The van der Waals surface area contributed by atoms with E-state index in [-0.39, 0.29) is 30.4 Å². The molecule has 4 rings (SSSR count). The number of aryl methyl sites for hydroxylation is 1. The Morgan fingerprint density at radius 2 is 2.19 bits per heavy atom. The summed E-state index contributed by atoms with van der Waals surface area (Å²) in [6, 6.07) is 8.36. The van der Waals surface area contributed by atoms with Crippen molar-refractivity contribution in [2.24, 2.45) is 7.05 Å². The number of nitriles is 1. The van der Waals surface area contributed by atoms with Crippen LogP contribution in [-0.4, -0.2) is 32.7 Å². The number of carbonyl (C=O) groups is 1. The Morgan fingerprint density at radius 1 is 1.38 bits per heavy atom. The predicted molar refractivity (Wildman–Crippen MR) is 92.2 cm³/mol. The third-order valence-electron chi connectivity index (χ3n) is 5.19. The number of carbonyl (C=O) groups excluding carboxylic acids is 1. The maximum atomic E-state index is 14.1. The van der Waals surface area contributed by atoms with E-state index in [0.29, 0.717) is 23.6 Å². The minimum Gasteiger partial charge on any atom is -0.329 e. The summed E-state index contributed by atoms with van der Waals surface area (Å²) in [5.41, 5.74) is 1.84. The van der Waals surface area contributed by atoms with E-state index in [4.69, 9.17) is 5.26 Å². The van der Waals surface area contributed by atoms with E-state index in [9.17, 15) is 9.18 Å². The number of aromatic nitrogens is 2. The molecule has 2 aliphatic rings. The SMILES string of the molecule is Cn1nccc1[C@H]1[C@H](NCc2cc(C#N)ccc2F)CC(=O)N1C1CC1. The highest BCUT2D eigenvalue weighted by atomic mass is 19.1. The number of likely N-dealkylation sites (tertiary alicyclic amines) is 1. The lowest BCUT2D eigenvalue weighted by Crippen LogP contribution is -2.38. The van der Waals surface area contributed by atoms with Gasteiger partial charge in [0.25, 0.3) is 0 Å². The molecule has 0 bridgehead atoms. The van der Waals surface area contributed by atoms with E-state index in [0.717, 1.165) is 18.5 Å². The number of benzene rings is 1. The molecule has 134 valence electrons. The van der Waals surface area contributed by atoms with Crippen molar-refractivity contribution in [1.29, 1.82) is 5.26 Å². The fourth-order valence-corrected chi connectivity index (χ4v) is 3.77. The lowest BCUT2D eigenvalue weighted by Gasteiger charge is -2.29. The first-order chi connectivity index (χ1) is 12.6. The van der Waals surface area contributed by atoms with Crippen LogP contribution in [0.15, 0.2) is 30.5 Å². The van der Waals surface area contributed by atoms with Crippen LogP contribution in [0.3, 0.4) is 0 Å². The highest BCUT2D eigenvalue weighted by Crippen LogP contribution is 2.41. The molecule has 7 heteroatoms. The topological polar surface area (TPSA) is 74.0 Å². The number of halogens is 1. The van der Waals surface area contributed by atoms with Crippen molar-refractivity contribution in [2.45, 2.75) is 43.9 Å². The fourth-order valence-electron chi connectivity index (χ4n) is 3.77. The monoisotopic (exact) mass is 353 g/mol. The average Bonchev–Trinajstić information content (AvgIpc) is 3.30. The van der Waals surface area contributed by atoms with Gasteiger partial charge in [-0.05, 0) is 37.1 Å². The summed E-state index contributed by atoms with van der Waals surface area (Å²) in [6.45, 7) is 0.270. The maximum absolute atomic E-state index is 14.1. The number of rotatable bonds is 5. The number of hydrogen-bond donors (Lipinski definition) is 1. The largest absolute Gasteiger partial charge is 0.329 e. The van der Waals surface area contributed by atoms with Crippen molar-refractivity contribution in [3.63, 3.8) is 0 Å². The first kappa shape index (κ1) is 16.7. The number of amides is 1. The van der Waals surface area contributed by atoms with Crippen LogP contribution in [-0.2, 0) is 18.4 Å². The lowest BCUT2D eigenvalue weighted by molar-refractivity contribution is -0.129. The van der Waals surface area contributed by atoms with Crippen molar-refractivity contribution in [3.8, 4) is 6.07 Å². The molecule has 1 saturated carbocycles. The quantitative estimate of drug-likeness (QED) is 0.893. The first-order valence-electron chi connectivity index (χ1n) is 8.79. The zero-order valence-electron chi connectivity index (χ0n) is 14.5. The second kappa shape index (κ2) is 6.54. The van der Waals surface area contributed by atoms with E-state index >= 15 is 0 Å². The molecule has 1 aromatic heterocycles. The second-order valence-corrected chi connectivity index (χ2v) is 6.97. The van der Waals surface area contributed by atoms with Crippen molar-refractivity contribution < 1.29 is 9.18 Å². The lowest BCUT2D eigenvalue weighted by atomic mass is 10.0. The molecule has 2 aromatic rings. The molecule has 1 aromatic carbocycles. The Balaban J connectivity index is 1.58. The Hall–Kier alpha value is -2.72. The van der Waals surface area contributed by atoms with Crippen molar-refractivity contribution in [2.75, 3.05) is 0 Å². The van der Waals surface area contributed by atoms with Crippen LogP contribution >= 0.6 is 0 Å². The summed E-state index contributed by atoms with van der Waals surface area (Å²) in [7, 11) is 1.87. The molecule has 2 fully saturated rings. The molecule has 1 N–H and O–H groups in total. The summed E-state index contributed by atoms with van der Waals surface area (Å²) >= 11 is 0. The highest BCUT2D eigenvalue weighted by molar-refractivity contribution is 5.81. The summed E-state index contributed by atoms with van der Waals surface area (Å²) in [5.74, 6) is -0.223. The third kappa shape index (κ3) is 2.97. The molecule has 0 unspecified atom stereocenters. The third-order valence-corrected chi connectivity index (χ3v) is 5.19. The van der Waals surface area contributed by atoms with E-state index < -0.39 is 0 Å². The predicted octanol–water partition coefficient (Wildman–Crippen LogP) is 2.03. The molecule has 6 nitrogen and oxygen atoms in total. The van der Waals surface area contributed by atoms with Gasteiger partial charge in [-0.15, -0.1) is 0 Å². The number of nitrogens with one attached hydrogen (secondary N) is 1. The van der Waals surface area contributed by atoms with Gasteiger partial charge in [-0.3, -0.25) is 9.48 Å². The van der Waals surface area contributed by atoms with Crippen molar-refractivity contribution in [1.82, 2.24) is 20.0 Å². The van der Waals surface area contributed by atoms with Crippen molar-refractivity contribution in [3.05, 3.63) is 53.1 Å². The van der Waals surface area contributed by atoms with Crippen LogP contribution < -0.4 is 5.32 Å². The standard InChI is InChI=1S/C19H20FN5O/c1-24-17(6-7-23-24)19-16(9-18(26)25(19)14-3-4-14)22-11-13-8-12(10-21)2-5-15(13)20/h2,5-8,14,16,19,22H,3-4,9,11H2,1H3/t16-,19-/m1/s1. The van der Waals surface area contributed by atoms with Gasteiger partial charge in [0.1, 0.15) is 5.82 Å². The molecular weight excluding hydrogens is 333 g/mol. The van der Waals surface area contributed by atoms with Crippen LogP contribution in [0.25, 0.3) is 0 Å². The minimum absolute atomic E-state index is 0.107. The van der Waals surface area contributed by atoms with Crippen LogP contribution in [0.2, 0.25) is 0 Å². The van der Waals surface area contributed by atoms with Gasteiger partial charge in [0.2, 0.25) is 5.91 Å². The zero-order valence-corrected chi connectivity index (χ0v) is 14.5. The van der Waals surface area contributed by atoms with E-state index in [1.54, 1.807) is 16.9 Å². The van der Waals surface area contributed by atoms with Gasteiger partial charge in [-0.1, -0.05) is 0 Å². The fraction of sp³-hybridized carbons (Fsp3) is 0.421. The Labute approximate surface area is 151 Å². The molecular formula is C19H20FN5O. The van der Waals surface area contributed by atoms with Crippen LogP contribution in [0.4, 0.5) is 4.39 Å². The minimum atomic E-state index is -0.350. The highest BCUT2D eigenvalue weighted by Gasteiger charge is 2.48. The zero-order chi connectivity index (χ0) is 18.3. The average molecular weight is 353 g/mol. The van der Waals surface area contributed by atoms with E-state index in [1.165, 1.54) is 12.1 Å². The molecule has 0 spiro atoms. The van der Waals surface area contributed by atoms with Gasteiger partial charge in [-0.2, -0.15) is 10.4 Å². The molecule has 1 aliphatic carbocycles. The van der Waals surface area contributed by atoms with Gasteiger partial charge in [0.05, 0.1) is 23.4 Å². The molecule has 26 heavy (non-hydrogen) atoms. The number of nitrogens with zero attached hydrogens (tertiary/aromatic N) is 4.